The summed E-state index contributed by atoms with van der Waals surface area (Å²) in [5.74, 6) is 0. The first-order valence-electron chi connectivity index (χ1n) is 4.88. The van der Waals surface area contributed by atoms with E-state index in [-0.39, 0.29) is 4.90 Å². The molecule has 0 bridgehead atoms. The van der Waals surface area contributed by atoms with Crippen LogP contribution in [-0.4, -0.2) is 8.42 Å². The third-order valence-electron chi connectivity index (χ3n) is 2.86. The van der Waals surface area contributed by atoms with Gasteiger partial charge in [0.25, 0.3) is 0 Å². The maximum atomic E-state index is 11.4. The van der Waals surface area contributed by atoms with Crippen molar-refractivity contribution in [3.05, 3.63) is 35.9 Å². The van der Waals surface area contributed by atoms with Crippen molar-refractivity contribution in [1.82, 2.24) is 0 Å². The molecule has 0 radical (unpaired) electrons. The first-order chi connectivity index (χ1) is 7.57. The van der Waals surface area contributed by atoms with Crippen LogP contribution >= 0.6 is 0 Å². The standard InChI is InChI=1S/C11H10N2O2S/c12-16(14,15)10-5-4-9-11-7(6-13-9)2-1-3-8(10)11/h1-5,13H,6H2,(H2,12,14,15). The Hall–Kier alpha value is -1.59. The number of nitrogens with one attached hydrogen (secondary N) is 1. The van der Waals surface area contributed by atoms with Gasteiger partial charge in [0.2, 0.25) is 10.0 Å². The largest absolute Gasteiger partial charge is 0.380 e. The van der Waals surface area contributed by atoms with Crippen molar-refractivity contribution in [2.45, 2.75) is 11.4 Å². The number of benzene rings is 2. The van der Waals surface area contributed by atoms with Gasteiger partial charge in [-0.1, -0.05) is 18.2 Å². The van der Waals surface area contributed by atoms with E-state index in [0.717, 1.165) is 23.2 Å². The highest BCUT2D eigenvalue weighted by Crippen LogP contribution is 2.35. The lowest BCUT2D eigenvalue weighted by Crippen LogP contribution is -2.12. The SMILES string of the molecule is NS(=O)(=O)c1ccc2c3c(cccc13)CN2. The van der Waals surface area contributed by atoms with Gasteiger partial charge in [0.05, 0.1) is 4.90 Å². The summed E-state index contributed by atoms with van der Waals surface area (Å²) in [4.78, 5) is 0.191. The Morgan fingerprint density at radius 1 is 1.19 bits per heavy atom. The molecule has 3 rings (SSSR count). The third kappa shape index (κ3) is 1.22. The van der Waals surface area contributed by atoms with Crippen molar-refractivity contribution in [3.8, 4) is 0 Å². The highest BCUT2D eigenvalue weighted by Gasteiger charge is 2.19. The van der Waals surface area contributed by atoms with Gasteiger partial charge in [0.15, 0.2) is 0 Å². The Bertz CT molecular complexity index is 682. The van der Waals surface area contributed by atoms with Crippen LogP contribution in [0.15, 0.2) is 35.2 Å². The first-order valence-corrected chi connectivity index (χ1v) is 6.43. The summed E-state index contributed by atoms with van der Waals surface area (Å²) in [6.45, 7) is 0.737. The van der Waals surface area contributed by atoms with Crippen molar-refractivity contribution in [3.63, 3.8) is 0 Å². The highest BCUT2D eigenvalue weighted by atomic mass is 32.2. The molecule has 82 valence electrons. The van der Waals surface area contributed by atoms with E-state index in [9.17, 15) is 8.42 Å². The van der Waals surface area contributed by atoms with Crippen molar-refractivity contribution < 1.29 is 8.42 Å². The fraction of sp³-hybridized carbons (Fsp3) is 0.0909. The minimum absolute atomic E-state index is 0.191. The molecule has 16 heavy (non-hydrogen) atoms. The van der Waals surface area contributed by atoms with Gasteiger partial charge in [-0.05, 0) is 17.7 Å². The molecule has 0 amide bonds. The van der Waals surface area contributed by atoms with Crippen LogP contribution < -0.4 is 10.5 Å². The second kappa shape index (κ2) is 2.96. The van der Waals surface area contributed by atoms with Crippen LogP contribution in [0.1, 0.15) is 5.56 Å². The molecular weight excluding hydrogens is 224 g/mol. The summed E-state index contributed by atoms with van der Waals surface area (Å²) < 4.78 is 22.9. The fourth-order valence-corrected chi connectivity index (χ4v) is 2.92. The number of anilines is 1. The molecule has 0 atom stereocenters. The Morgan fingerprint density at radius 2 is 2.00 bits per heavy atom. The summed E-state index contributed by atoms with van der Waals surface area (Å²) >= 11 is 0. The average molecular weight is 234 g/mol. The van der Waals surface area contributed by atoms with Crippen molar-refractivity contribution in [1.29, 1.82) is 0 Å². The van der Waals surface area contributed by atoms with E-state index >= 15 is 0 Å². The van der Waals surface area contributed by atoms with Crippen LogP contribution in [0.5, 0.6) is 0 Å². The summed E-state index contributed by atoms with van der Waals surface area (Å²) in [5, 5.41) is 10.1. The molecule has 5 heteroatoms. The monoisotopic (exact) mass is 234 g/mol. The molecule has 0 aliphatic carbocycles. The van der Waals surface area contributed by atoms with Gasteiger partial charge in [0, 0.05) is 23.0 Å². The Kier molecular flexibility index (Phi) is 1.78. The Labute approximate surface area is 93.1 Å². The zero-order chi connectivity index (χ0) is 11.3. The van der Waals surface area contributed by atoms with Crippen molar-refractivity contribution in [2.24, 2.45) is 5.14 Å². The number of hydrogen-bond donors (Lipinski definition) is 2. The predicted molar refractivity (Wildman–Crippen MR) is 62.6 cm³/mol. The van der Waals surface area contributed by atoms with Gasteiger partial charge in [-0.25, -0.2) is 13.6 Å². The fourth-order valence-electron chi connectivity index (χ4n) is 2.19. The normalized spacial score (nSPS) is 14.1. The van der Waals surface area contributed by atoms with Crippen LogP contribution in [0.4, 0.5) is 5.69 Å². The molecule has 0 spiro atoms. The van der Waals surface area contributed by atoms with Crippen molar-refractivity contribution in [2.75, 3.05) is 5.32 Å². The minimum Gasteiger partial charge on any atom is -0.380 e. The number of hydrogen-bond acceptors (Lipinski definition) is 3. The van der Waals surface area contributed by atoms with Crippen LogP contribution in [0.3, 0.4) is 0 Å². The van der Waals surface area contributed by atoms with Gasteiger partial charge in [0.1, 0.15) is 0 Å². The number of primary sulfonamides is 1. The molecule has 1 heterocycles. The number of sulfonamides is 1. The van der Waals surface area contributed by atoms with E-state index < -0.39 is 10.0 Å². The molecule has 0 aromatic heterocycles. The summed E-state index contributed by atoms with van der Waals surface area (Å²) in [6.07, 6.45) is 0. The van der Waals surface area contributed by atoms with E-state index in [4.69, 9.17) is 5.14 Å². The van der Waals surface area contributed by atoms with Crippen LogP contribution in [0.2, 0.25) is 0 Å². The van der Waals surface area contributed by atoms with Crippen molar-refractivity contribution >= 4 is 26.5 Å². The molecule has 0 saturated carbocycles. The van der Waals surface area contributed by atoms with E-state index in [1.807, 2.05) is 12.1 Å². The second-order valence-electron chi connectivity index (χ2n) is 3.85. The maximum Gasteiger partial charge on any atom is 0.238 e. The maximum absolute atomic E-state index is 11.4. The third-order valence-corrected chi connectivity index (χ3v) is 3.83. The molecule has 2 aromatic carbocycles. The number of rotatable bonds is 1. The molecule has 4 nitrogen and oxygen atoms in total. The molecule has 0 unspecified atom stereocenters. The highest BCUT2D eigenvalue weighted by molar-refractivity contribution is 7.89. The van der Waals surface area contributed by atoms with Crippen LogP contribution in [-0.2, 0) is 16.6 Å². The molecule has 2 aromatic rings. The minimum atomic E-state index is -3.66. The van der Waals surface area contributed by atoms with Gasteiger partial charge >= 0.3 is 0 Å². The molecule has 1 aliphatic rings. The number of nitrogens with two attached hydrogens (primary N) is 1. The van der Waals surface area contributed by atoms with Crippen LogP contribution in [0.25, 0.3) is 10.8 Å². The summed E-state index contributed by atoms with van der Waals surface area (Å²) in [5.41, 5.74) is 2.08. The average Bonchev–Trinajstić information content (AvgIpc) is 2.63. The lowest BCUT2D eigenvalue weighted by molar-refractivity contribution is 0.598. The topological polar surface area (TPSA) is 72.2 Å². The lowest BCUT2D eigenvalue weighted by Gasteiger charge is -2.05. The summed E-state index contributed by atoms with van der Waals surface area (Å²) in [7, 11) is -3.66. The zero-order valence-electron chi connectivity index (χ0n) is 8.40. The molecular formula is C11H10N2O2S. The Morgan fingerprint density at radius 3 is 2.75 bits per heavy atom. The lowest BCUT2D eigenvalue weighted by atomic mass is 10.1. The Balaban J connectivity index is 2.52. The van der Waals surface area contributed by atoms with E-state index in [2.05, 4.69) is 5.32 Å². The van der Waals surface area contributed by atoms with E-state index in [1.165, 1.54) is 0 Å². The van der Waals surface area contributed by atoms with Gasteiger partial charge in [-0.2, -0.15) is 0 Å². The molecule has 0 fully saturated rings. The van der Waals surface area contributed by atoms with E-state index in [0.29, 0.717) is 5.39 Å². The van der Waals surface area contributed by atoms with Gasteiger partial charge < -0.3 is 5.32 Å². The predicted octanol–water partition coefficient (Wildman–Crippen LogP) is 1.41. The smallest absolute Gasteiger partial charge is 0.238 e. The zero-order valence-corrected chi connectivity index (χ0v) is 9.21. The summed E-state index contributed by atoms with van der Waals surface area (Å²) in [6, 6.07) is 8.94. The molecule has 3 N–H and O–H groups in total. The van der Waals surface area contributed by atoms with Gasteiger partial charge in [-0.15, -0.1) is 0 Å². The molecule has 0 saturated heterocycles. The van der Waals surface area contributed by atoms with Gasteiger partial charge in [-0.3, -0.25) is 0 Å². The quantitative estimate of drug-likeness (QED) is 0.783. The van der Waals surface area contributed by atoms with Crippen LogP contribution in [0, 0.1) is 0 Å². The first kappa shape index (κ1) is 9.62. The van der Waals surface area contributed by atoms with E-state index in [1.54, 1.807) is 18.2 Å². The second-order valence-corrected chi connectivity index (χ2v) is 5.38. The molecule has 1 aliphatic heterocycles.